The summed E-state index contributed by atoms with van der Waals surface area (Å²) in [5.41, 5.74) is 1.36. The molecule has 1 aliphatic rings. The minimum atomic E-state index is 0.730. The van der Waals surface area contributed by atoms with E-state index < -0.39 is 0 Å². The Bertz CT molecular complexity index is 354. The van der Waals surface area contributed by atoms with Gasteiger partial charge in [-0.1, -0.05) is 51.2 Å². The summed E-state index contributed by atoms with van der Waals surface area (Å²) >= 11 is 0. The lowest BCUT2D eigenvalue weighted by molar-refractivity contribution is 0.306. The fourth-order valence-corrected chi connectivity index (χ4v) is 2.81. The maximum Gasteiger partial charge on any atom is 0.119 e. The molecule has 20 heavy (non-hydrogen) atoms. The third-order valence-corrected chi connectivity index (χ3v) is 4.14. The van der Waals surface area contributed by atoms with Crippen molar-refractivity contribution in [1.82, 2.24) is 5.32 Å². The van der Waals surface area contributed by atoms with Gasteiger partial charge in [0.05, 0.1) is 6.61 Å². The van der Waals surface area contributed by atoms with Crippen LogP contribution >= 0.6 is 0 Å². The van der Waals surface area contributed by atoms with Crippen molar-refractivity contribution in [3.8, 4) is 5.75 Å². The Kier molecular flexibility index (Phi) is 6.93. The fraction of sp³-hybridized carbons (Fsp3) is 0.667. The van der Waals surface area contributed by atoms with Crippen molar-refractivity contribution in [2.75, 3.05) is 6.61 Å². The van der Waals surface area contributed by atoms with Crippen molar-refractivity contribution in [2.24, 2.45) is 0 Å². The van der Waals surface area contributed by atoms with Gasteiger partial charge in [0.25, 0.3) is 0 Å². The van der Waals surface area contributed by atoms with Crippen molar-refractivity contribution in [3.63, 3.8) is 0 Å². The summed E-state index contributed by atoms with van der Waals surface area (Å²) in [5, 5.41) is 3.68. The van der Waals surface area contributed by atoms with Crippen LogP contribution in [-0.4, -0.2) is 12.6 Å². The number of rotatable bonds is 8. The third kappa shape index (κ3) is 5.54. The van der Waals surface area contributed by atoms with Gasteiger partial charge in [-0.3, -0.25) is 0 Å². The number of ether oxygens (including phenoxy) is 1. The molecule has 1 aliphatic carbocycles. The van der Waals surface area contributed by atoms with E-state index in [1.54, 1.807) is 0 Å². The molecule has 1 fully saturated rings. The minimum absolute atomic E-state index is 0.730. The van der Waals surface area contributed by atoms with Crippen LogP contribution in [0, 0.1) is 0 Å². The number of unbranched alkanes of at least 4 members (excludes halogenated alkanes) is 2. The van der Waals surface area contributed by atoms with Crippen LogP contribution < -0.4 is 10.1 Å². The van der Waals surface area contributed by atoms with Crippen LogP contribution in [0.3, 0.4) is 0 Å². The van der Waals surface area contributed by atoms with Crippen LogP contribution in [0.2, 0.25) is 0 Å². The Morgan fingerprint density at radius 1 is 1.05 bits per heavy atom. The highest BCUT2D eigenvalue weighted by Crippen LogP contribution is 2.18. The van der Waals surface area contributed by atoms with Gasteiger partial charge in [-0.15, -0.1) is 0 Å². The van der Waals surface area contributed by atoms with Crippen LogP contribution in [0.4, 0.5) is 0 Å². The van der Waals surface area contributed by atoms with E-state index >= 15 is 0 Å². The highest BCUT2D eigenvalue weighted by Gasteiger charge is 2.12. The van der Waals surface area contributed by atoms with Crippen LogP contribution in [0.15, 0.2) is 24.3 Å². The minimum Gasteiger partial charge on any atom is -0.494 e. The number of hydrogen-bond acceptors (Lipinski definition) is 2. The monoisotopic (exact) mass is 275 g/mol. The summed E-state index contributed by atoms with van der Waals surface area (Å²) in [4.78, 5) is 0. The Morgan fingerprint density at radius 3 is 2.50 bits per heavy atom. The molecule has 1 N–H and O–H groups in total. The highest BCUT2D eigenvalue weighted by molar-refractivity contribution is 5.27. The summed E-state index contributed by atoms with van der Waals surface area (Å²) in [6.07, 6.45) is 10.5. The fourth-order valence-electron chi connectivity index (χ4n) is 2.81. The molecule has 0 aliphatic heterocycles. The molecule has 0 atom stereocenters. The molecule has 1 saturated carbocycles. The molecular weight excluding hydrogens is 246 g/mol. The van der Waals surface area contributed by atoms with E-state index in [0.717, 1.165) is 31.4 Å². The normalized spacial score (nSPS) is 16.2. The molecule has 0 spiro atoms. The summed E-state index contributed by atoms with van der Waals surface area (Å²) < 4.78 is 5.74. The highest BCUT2D eigenvalue weighted by atomic mass is 16.5. The molecule has 1 aromatic carbocycles. The number of nitrogens with one attached hydrogen (secondary N) is 1. The average molecular weight is 275 g/mol. The molecule has 0 bridgehead atoms. The summed E-state index contributed by atoms with van der Waals surface area (Å²) in [6, 6.07) is 9.30. The first kappa shape index (κ1) is 15.4. The van der Waals surface area contributed by atoms with E-state index in [-0.39, 0.29) is 0 Å². The smallest absolute Gasteiger partial charge is 0.119 e. The quantitative estimate of drug-likeness (QED) is 0.696. The first-order valence-electron chi connectivity index (χ1n) is 8.33. The molecule has 112 valence electrons. The van der Waals surface area contributed by atoms with Gasteiger partial charge in [-0.25, -0.2) is 0 Å². The van der Waals surface area contributed by atoms with Gasteiger partial charge in [0.1, 0.15) is 5.75 Å². The lowest BCUT2D eigenvalue weighted by atomic mass is 9.95. The van der Waals surface area contributed by atoms with Gasteiger partial charge >= 0.3 is 0 Å². The predicted octanol–water partition coefficient (Wildman–Crippen LogP) is 4.68. The summed E-state index contributed by atoms with van der Waals surface area (Å²) in [7, 11) is 0. The zero-order valence-corrected chi connectivity index (χ0v) is 12.9. The lowest BCUT2D eigenvalue weighted by Crippen LogP contribution is -2.30. The molecule has 2 heteroatoms. The second-order valence-electron chi connectivity index (χ2n) is 5.92. The van der Waals surface area contributed by atoms with Gasteiger partial charge in [-0.05, 0) is 37.0 Å². The van der Waals surface area contributed by atoms with Crippen LogP contribution in [0.25, 0.3) is 0 Å². The standard InChI is InChI=1S/C18H29NO/c1-2-3-7-14-20-18-12-10-16(11-13-18)15-19-17-8-5-4-6-9-17/h10-13,17,19H,2-9,14-15H2,1H3. The van der Waals surface area contributed by atoms with E-state index in [9.17, 15) is 0 Å². The first-order chi connectivity index (χ1) is 9.88. The Balaban J connectivity index is 1.68. The van der Waals surface area contributed by atoms with Gasteiger partial charge in [-0.2, -0.15) is 0 Å². The van der Waals surface area contributed by atoms with Crippen LogP contribution in [-0.2, 0) is 6.54 Å². The second kappa shape index (κ2) is 9.02. The molecule has 2 nitrogen and oxygen atoms in total. The van der Waals surface area contributed by atoms with Gasteiger partial charge in [0, 0.05) is 12.6 Å². The Hall–Kier alpha value is -1.02. The SMILES string of the molecule is CCCCCOc1ccc(CNC2CCCCC2)cc1. The molecule has 0 aromatic heterocycles. The third-order valence-electron chi connectivity index (χ3n) is 4.14. The number of hydrogen-bond donors (Lipinski definition) is 1. The second-order valence-corrected chi connectivity index (χ2v) is 5.92. The van der Waals surface area contributed by atoms with Gasteiger partial charge in [0.15, 0.2) is 0 Å². The van der Waals surface area contributed by atoms with Gasteiger partial charge in [0.2, 0.25) is 0 Å². The molecule has 0 amide bonds. The predicted molar refractivity (Wildman–Crippen MR) is 85.2 cm³/mol. The molecule has 0 saturated heterocycles. The van der Waals surface area contributed by atoms with Crippen molar-refractivity contribution in [1.29, 1.82) is 0 Å². The van der Waals surface area contributed by atoms with E-state index in [1.807, 2.05) is 0 Å². The zero-order valence-electron chi connectivity index (χ0n) is 12.9. The zero-order chi connectivity index (χ0) is 14.0. The van der Waals surface area contributed by atoms with Crippen molar-refractivity contribution >= 4 is 0 Å². The number of benzene rings is 1. The van der Waals surface area contributed by atoms with E-state index in [4.69, 9.17) is 4.74 Å². The molecule has 0 heterocycles. The van der Waals surface area contributed by atoms with Crippen LogP contribution in [0.5, 0.6) is 5.75 Å². The van der Waals surface area contributed by atoms with Crippen molar-refractivity contribution < 1.29 is 4.74 Å². The average Bonchev–Trinajstić information content (AvgIpc) is 2.52. The Labute approximate surface area is 123 Å². The van der Waals surface area contributed by atoms with E-state index in [1.165, 1.54) is 50.5 Å². The topological polar surface area (TPSA) is 21.3 Å². The summed E-state index contributed by atoms with van der Waals surface area (Å²) in [5.74, 6) is 1.00. The Morgan fingerprint density at radius 2 is 1.80 bits per heavy atom. The van der Waals surface area contributed by atoms with E-state index in [2.05, 4.69) is 36.5 Å². The maximum atomic E-state index is 5.74. The molecular formula is C18H29NO. The molecule has 0 radical (unpaired) electrons. The van der Waals surface area contributed by atoms with Crippen molar-refractivity contribution in [2.45, 2.75) is 70.9 Å². The van der Waals surface area contributed by atoms with E-state index in [0.29, 0.717) is 0 Å². The molecule has 0 unspecified atom stereocenters. The lowest BCUT2D eigenvalue weighted by Gasteiger charge is -2.22. The summed E-state index contributed by atoms with van der Waals surface area (Å²) in [6.45, 7) is 4.04. The van der Waals surface area contributed by atoms with Crippen molar-refractivity contribution in [3.05, 3.63) is 29.8 Å². The largest absolute Gasteiger partial charge is 0.494 e. The molecule has 2 rings (SSSR count). The first-order valence-corrected chi connectivity index (χ1v) is 8.33. The van der Waals surface area contributed by atoms with Gasteiger partial charge < -0.3 is 10.1 Å². The molecule has 1 aromatic rings. The van der Waals surface area contributed by atoms with Crippen LogP contribution in [0.1, 0.15) is 63.9 Å². The maximum absolute atomic E-state index is 5.74.